The number of nitrogen functional groups attached to an aromatic ring is 1. The van der Waals surface area contributed by atoms with Crippen molar-refractivity contribution in [3.05, 3.63) is 47.8 Å². The van der Waals surface area contributed by atoms with E-state index in [1.54, 1.807) is 24.7 Å². The van der Waals surface area contributed by atoms with Crippen LogP contribution in [0, 0.1) is 17.5 Å². The summed E-state index contributed by atoms with van der Waals surface area (Å²) in [5.74, 6) is -4.68. The molecular weight excluding hydrogens is 431 g/mol. The van der Waals surface area contributed by atoms with Crippen LogP contribution in [0.1, 0.15) is 25.6 Å². The van der Waals surface area contributed by atoms with Crippen LogP contribution >= 0.6 is 0 Å². The minimum atomic E-state index is -1.52. The summed E-state index contributed by atoms with van der Waals surface area (Å²) in [7, 11) is 0. The van der Waals surface area contributed by atoms with Crippen LogP contribution in [0.2, 0.25) is 0 Å². The molecule has 32 heavy (non-hydrogen) atoms. The van der Waals surface area contributed by atoms with Crippen LogP contribution in [0.5, 0.6) is 0 Å². The van der Waals surface area contributed by atoms with Gasteiger partial charge in [-0.15, -0.1) is 0 Å². The molecule has 0 saturated carbocycles. The summed E-state index contributed by atoms with van der Waals surface area (Å²) in [4.78, 5) is 12.5. The van der Waals surface area contributed by atoms with Gasteiger partial charge in [0.25, 0.3) is 0 Å². The number of rotatable bonds is 5. The molecule has 2 aliphatic rings. The zero-order valence-corrected chi connectivity index (χ0v) is 17.2. The van der Waals surface area contributed by atoms with E-state index >= 15 is 0 Å². The largest absolute Gasteiger partial charge is 0.382 e. The van der Waals surface area contributed by atoms with Gasteiger partial charge in [-0.2, -0.15) is 0 Å². The minimum Gasteiger partial charge on any atom is -0.382 e. The van der Waals surface area contributed by atoms with Gasteiger partial charge in [0.15, 0.2) is 40.9 Å². The first-order valence-electron chi connectivity index (χ1n) is 9.89. The van der Waals surface area contributed by atoms with Crippen molar-refractivity contribution in [3.63, 3.8) is 0 Å². The highest BCUT2D eigenvalue weighted by atomic mass is 19.2. The van der Waals surface area contributed by atoms with Crippen molar-refractivity contribution in [3.8, 4) is 0 Å². The molecule has 2 saturated heterocycles. The van der Waals surface area contributed by atoms with Crippen molar-refractivity contribution in [1.29, 1.82) is 0 Å². The summed E-state index contributed by atoms with van der Waals surface area (Å²) in [6.07, 6.45) is 0.717. The third-order valence-electron chi connectivity index (χ3n) is 5.38. The Morgan fingerprint density at radius 2 is 1.81 bits per heavy atom. The molecule has 1 aromatic carbocycles. The molecule has 0 bridgehead atoms. The number of hydrogen-bond donors (Lipinski definition) is 1. The van der Waals surface area contributed by atoms with E-state index in [9.17, 15) is 13.2 Å². The number of halogens is 3. The number of ether oxygens (including phenoxy) is 4. The van der Waals surface area contributed by atoms with Crippen molar-refractivity contribution >= 4 is 17.0 Å². The number of fused-ring (bicyclic) bond motifs is 2. The lowest BCUT2D eigenvalue weighted by Gasteiger charge is -2.24. The molecule has 12 heteroatoms. The molecule has 170 valence electrons. The van der Waals surface area contributed by atoms with Crippen molar-refractivity contribution in [2.75, 3.05) is 12.3 Å². The first kappa shape index (κ1) is 21.1. The number of hydrogen-bond acceptors (Lipinski definition) is 8. The monoisotopic (exact) mass is 451 g/mol. The van der Waals surface area contributed by atoms with Gasteiger partial charge >= 0.3 is 0 Å². The van der Waals surface area contributed by atoms with E-state index in [2.05, 4.69) is 15.0 Å². The van der Waals surface area contributed by atoms with Gasteiger partial charge in [0.05, 0.1) is 19.5 Å². The molecule has 2 aromatic heterocycles. The van der Waals surface area contributed by atoms with Crippen LogP contribution in [0.25, 0.3) is 11.2 Å². The summed E-state index contributed by atoms with van der Waals surface area (Å²) >= 11 is 0. The van der Waals surface area contributed by atoms with Crippen LogP contribution in [-0.4, -0.2) is 50.2 Å². The average Bonchev–Trinajstić information content (AvgIpc) is 3.38. The van der Waals surface area contributed by atoms with Crippen molar-refractivity contribution in [1.82, 2.24) is 19.5 Å². The zero-order valence-electron chi connectivity index (χ0n) is 17.2. The number of aromatic nitrogens is 4. The third kappa shape index (κ3) is 3.58. The molecule has 4 heterocycles. The second-order valence-corrected chi connectivity index (χ2v) is 8.10. The highest BCUT2D eigenvalue weighted by molar-refractivity contribution is 5.81. The van der Waals surface area contributed by atoms with E-state index in [1.807, 2.05) is 0 Å². The molecule has 2 aliphatic heterocycles. The van der Waals surface area contributed by atoms with Gasteiger partial charge in [0, 0.05) is 0 Å². The number of nitrogens with two attached hydrogens (primary N) is 1. The Hall–Kier alpha value is -2.80. The lowest BCUT2D eigenvalue weighted by atomic mass is 10.1. The highest BCUT2D eigenvalue weighted by Crippen LogP contribution is 2.44. The van der Waals surface area contributed by atoms with E-state index in [4.69, 9.17) is 24.7 Å². The number of imidazole rings is 1. The first-order chi connectivity index (χ1) is 15.2. The fourth-order valence-corrected chi connectivity index (χ4v) is 4.06. The average molecular weight is 451 g/mol. The smallest absolute Gasteiger partial charge is 0.194 e. The summed E-state index contributed by atoms with van der Waals surface area (Å²) in [5.41, 5.74) is 6.95. The molecule has 3 aromatic rings. The highest BCUT2D eigenvalue weighted by Gasteiger charge is 2.56. The molecule has 5 rings (SSSR count). The molecule has 0 amide bonds. The van der Waals surface area contributed by atoms with Gasteiger partial charge in [0.1, 0.15) is 30.2 Å². The van der Waals surface area contributed by atoms with Gasteiger partial charge < -0.3 is 24.7 Å². The van der Waals surface area contributed by atoms with Crippen LogP contribution < -0.4 is 5.73 Å². The lowest BCUT2D eigenvalue weighted by Crippen LogP contribution is -2.32. The van der Waals surface area contributed by atoms with E-state index in [0.29, 0.717) is 11.2 Å². The summed E-state index contributed by atoms with van der Waals surface area (Å²) < 4.78 is 65.6. The van der Waals surface area contributed by atoms with Crippen LogP contribution in [0.3, 0.4) is 0 Å². The fourth-order valence-electron chi connectivity index (χ4n) is 4.06. The van der Waals surface area contributed by atoms with Gasteiger partial charge in [-0.3, -0.25) is 4.57 Å². The Kier molecular flexibility index (Phi) is 5.04. The Balaban J connectivity index is 1.35. The summed E-state index contributed by atoms with van der Waals surface area (Å²) in [5, 5.41) is 0. The Morgan fingerprint density at radius 3 is 2.56 bits per heavy atom. The Morgan fingerprint density at radius 1 is 1.09 bits per heavy atom. The molecule has 2 N–H and O–H groups in total. The van der Waals surface area contributed by atoms with Gasteiger partial charge in [0.2, 0.25) is 0 Å². The first-order valence-corrected chi connectivity index (χ1v) is 9.89. The van der Waals surface area contributed by atoms with Crippen molar-refractivity contribution in [2.45, 2.75) is 50.8 Å². The van der Waals surface area contributed by atoms with E-state index < -0.39 is 47.8 Å². The van der Waals surface area contributed by atoms with Gasteiger partial charge in [-0.25, -0.2) is 28.1 Å². The molecule has 2 fully saturated rings. The van der Waals surface area contributed by atoms with Crippen LogP contribution in [0.4, 0.5) is 19.0 Å². The second kappa shape index (κ2) is 7.66. The summed E-state index contributed by atoms with van der Waals surface area (Å²) in [6, 6.07) is 1.78. The van der Waals surface area contributed by atoms with Crippen molar-refractivity contribution in [2.24, 2.45) is 0 Å². The third-order valence-corrected chi connectivity index (χ3v) is 5.38. The van der Waals surface area contributed by atoms with E-state index in [1.165, 1.54) is 6.33 Å². The maximum absolute atomic E-state index is 13.4. The maximum atomic E-state index is 13.4. The van der Waals surface area contributed by atoms with E-state index in [-0.39, 0.29) is 24.6 Å². The van der Waals surface area contributed by atoms with Gasteiger partial charge in [-0.1, -0.05) is 0 Å². The molecule has 0 spiro atoms. The number of benzene rings is 1. The lowest BCUT2D eigenvalue weighted by molar-refractivity contribution is -0.202. The van der Waals surface area contributed by atoms with Crippen molar-refractivity contribution < 1.29 is 32.1 Å². The Bertz CT molecular complexity index is 1150. The summed E-state index contributed by atoms with van der Waals surface area (Å²) in [6.45, 7) is 3.48. The molecule has 0 unspecified atom stereocenters. The minimum absolute atomic E-state index is 0.0431. The predicted molar refractivity (Wildman–Crippen MR) is 103 cm³/mol. The number of anilines is 1. The molecular formula is C20H20F3N5O4. The standard InChI is InChI=1S/C20H20F3N5O4/c1-20(2)31-15-12(6-29-5-9-3-10(21)13(23)11(22)4-9)30-19(16(15)32-20)28-8-27-14-17(24)25-7-26-18(14)28/h3-4,7-8,12,15-16,19H,5-6H2,1-2H3,(H2,24,25,26)/t12-,15-,16-,19-/m1/s1. The molecule has 0 aliphatic carbocycles. The normalized spacial score (nSPS) is 26.7. The number of nitrogens with zero attached hydrogens (tertiary/aromatic N) is 4. The molecule has 4 atom stereocenters. The quantitative estimate of drug-likeness (QED) is 0.590. The SMILES string of the molecule is CC1(C)O[C@@H]2[C@H](O1)[C@@H](COCc1cc(F)c(F)c(F)c1)O[C@H]2n1cnc2c(N)ncnc21. The predicted octanol–water partition coefficient (Wildman–Crippen LogP) is 2.46. The van der Waals surface area contributed by atoms with Crippen LogP contribution in [-0.2, 0) is 25.6 Å². The molecule has 9 nitrogen and oxygen atoms in total. The molecule has 0 radical (unpaired) electrons. The van der Waals surface area contributed by atoms with Gasteiger partial charge in [-0.05, 0) is 31.5 Å². The van der Waals surface area contributed by atoms with E-state index in [0.717, 1.165) is 12.1 Å². The van der Waals surface area contributed by atoms with Crippen LogP contribution in [0.15, 0.2) is 24.8 Å². The zero-order chi connectivity index (χ0) is 22.6. The second-order valence-electron chi connectivity index (χ2n) is 8.10. The maximum Gasteiger partial charge on any atom is 0.194 e. The Labute approximate surface area is 180 Å². The topological polar surface area (TPSA) is 107 Å². The fraction of sp³-hybridized carbons (Fsp3) is 0.450.